The number of carboxylic acids is 1. The molecule has 1 amide bonds. The van der Waals surface area contributed by atoms with Gasteiger partial charge in [0.25, 0.3) is 5.91 Å². The number of nitrogens with zero attached hydrogens (tertiary/aromatic N) is 1. The minimum atomic E-state index is -0.905. The van der Waals surface area contributed by atoms with Crippen LogP contribution in [0.2, 0.25) is 5.02 Å². The maximum Gasteiger partial charge on any atom is 0.308 e. The van der Waals surface area contributed by atoms with Crippen LogP contribution in [0.3, 0.4) is 0 Å². The number of hydrogen-bond acceptors (Lipinski definition) is 3. The van der Waals surface area contributed by atoms with Gasteiger partial charge in [-0.2, -0.15) is 0 Å². The van der Waals surface area contributed by atoms with Gasteiger partial charge >= 0.3 is 5.97 Å². The van der Waals surface area contributed by atoms with Crippen LogP contribution in [-0.2, 0) is 4.79 Å². The first-order chi connectivity index (χ1) is 11.4. The van der Waals surface area contributed by atoms with E-state index in [-0.39, 0.29) is 24.1 Å². The second-order valence-corrected chi connectivity index (χ2v) is 6.62. The molecule has 0 spiro atoms. The summed E-state index contributed by atoms with van der Waals surface area (Å²) in [7, 11) is 0. The number of hydrogen-bond donors (Lipinski definition) is 1. The number of aryl methyl sites for hydroxylation is 2. The number of benzene rings is 1. The topological polar surface area (TPSA) is 70.8 Å². The van der Waals surface area contributed by atoms with E-state index >= 15 is 0 Å². The van der Waals surface area contributed by atoms with E-state index in [9.17, 15) is 14.7 Å². The number of rotatable bonds is 3. The SMILES string of the molecule is Cc1cc(C)c(C(=O)N2C[C@@H](C(=O)O)[C@H](c3ccc(Cl)cc3)C2)o1. The van der Waals surface area contributed by atoms with Crippen LogP contribution in [0.25, 0.3) is 0 Å². The van der Waals surface area contributed by atoms with Crippen molar-refractivity contribution in [1.29, 1.82) is 0 Å². The molecule has 0 bridgehead atoms. The zero-order valence-electron chi connectivity index (χ0n) is 13.5. The van der Waals surface area contributed by atoms with Gasteiger partial charge < -0.3 is 14.4 Å². The Kier molecular flexibility index (Phi) is 4.37. The third kappa shape index (κ3) is 3.04. The summed E-state index contributed by atoms with van der Waals surface area (Å²) < 4.78 is 5.48. The first-order valence-electron chi connectivity index (χ1n) is 7.71. The van der Waals surface area contributed by atoms with Crippen molar-refractivity contribution >= 4 is 23.5 Å². The number of carbonyl (C=O) groups excluding carboxylic acids is 1. The molecule has 1 fully saturated rings. The molecule has 1 N–H and O–H groups in total. The Morgan fingerprint density at radius 1 is 1.21 bits per heavy atom. The Labute approximate surface area is 144 Å². The summed E-state index contributed by atoms with van der Waals surface area (Å²) in [5.74, 6) is -1.13. The standard InChI is InChI=1S/C18H18ClNO4/c1-10-7-11(2)24-16(10)17(21)20-8-14(15(9-20)18(22)23)12-3-5-13(19)6-4-12/h3-7,14-15H,8-9H2,1-2H3,(H,22,23)/t14-,15+/m0/s1. The predicted octanol–water partition coefficient (Wildman–Crippen LogP) is 3.49. The summed E-state index contributed by atoms with van der Waals surface area (Å²) in [5.41, 5.74) is 1.63. The molecule has 5 nitrogen and oxygen atoms in total. The molecule has 2 aromatic rings. The minimum absolute atomic E-state index is 0.167. The summed E-state index contributed by atoms with van der Waals surface area (Å²) >= 11 is 5.90. The molecule has 24 heavy (non-hydrogen) atoms. The van der Waals surface area contributed by atoms with E-state index in [1.165, 1.54) is 0 Å². The van der Waals surface area contributed by atoms with E-state index in [0.717, 1.165) is 11.1 Å². The average molecular weight is 348 g/mol. The molecule has 2 atom stereocenters. The number of aliphatic carboxylic acids is 1. The molecule has 0 unspecified atom stereocenters. The molecule has 3 rings (SSSR count). The van der Waals surface area contributed by atoms with Crippen LogP contribution in [-0.4, -0.2) is 35.0 Å². The van der Waals surface area contributed by atoms with Crippen molar-refractivity contribution in [3.63, 3.8) is 0 Å². The van der Waals surface area contributed by atoms with Crippen LogP contribution in [0, 0.1) is 19.8 Å². The molecule has 1 aliphatic heterocycles. The van der Waals surface area contributed by atoms with Crippen molar-refractivity contribution in [2.45, 2.75) is 19.8 Å². The van der Waals surface area contributed by atoms with Crippen LogP contribution < -0.4 is 0 Å². The molecular formula is C18H18ClNO4. The fraction of sp³-hybridized carbons (Fsp3) is 0.333. The van der Waals surface area contributed by atoms with Gasteiger partial charge in [0.15, 0.2) is 5.76 Å². The normalized spacial score (nSPS) is 20.4. The van der Waals surface area contributed by atoms with Gasteiger partial charge in [0.1, 0.15) is 5.76 Å². The Morgan fingerprint density at radius 2 is 1.88 bits per heavy atom. The maximum absolute atomic E-state index is 12.7. The second kappa shape index (κ2) is 6.32. The highest BCUT2D eigenvalue weighted by Gasteiger charge is 2.41. The lowest BCUT2D eigenvalue weighted by atomic mass is 9.89. The molecule has 126 valence electrons. The van der Waals surface area contributed by atoms with Crippen LogP contribution >= 0.6 is 11.6 Å². The summed E-state index contributed by atoms with van der Waals surface area (Å²) in [6, 6.07) is 8.91. The summed E-state index contributed by atoms with van der Waals surface area (Å²) in [6.45, 7) is 4.10. The predicted molar refractivity (Wildman–Crippen MR) is 89.4 cm³/mol. The number of carbonyl (C=O) groups is 2. The van der Waals surface area contributed by atoms with Gasteiger partial charge in [0, 0.05) is 29.6 Å². The molecular weight excluding hydrogens is 330 g/mol. The van der Waals surface area contributed by atoms with Gasteiger partial charge in [0.2, 0.25) is 0 Å². The Hall–Kier alpha value is -2.27. The summed E-state index contributed by atoms with van der Waals surface area (Å²) in [5, 5.41) is 10.1. The largest absolute Gasteiger partial charge is 0.481 e. The van der Waals surface area contributed by atoms with Crippen molar-refractivity contribution in [3.8, 4) is 0 Å². The fourth-order valence-electron chi connectivity index (χ4n) is 3.26. The lowest BCUT2D eigenvalue weighted by Gasteiger charge is -2.16. The van der Waals surface area contributed by atoms with E-state index in [2.05, 4.69) is 0 Å². The third-order valence-electron chi connectivity index (χ3n) is 4.46. The van der Waals surface area contributed by atoms with Gasteiger partial charge in [-0.3, -0.25) is 9.59 Å². The van der Waals surface area contributed by atoms with Crippen LogP contribution in [0.5, 0.6) is 0 Å². The molecule has 1 saturated heterocycles. The van der Waals surface area contributed by atoms with E-state index < -0.39 is 11.9 Å². The molecule has 0 saturated carbocycles. The van der Waals surface area contributed by atoms with Crippen LogP contribution in [0.15, 0.2) is 34.7 Å². The van der Waals surface area contributed by atoms with Gasteiger partial charge in [-0.05, 0) is 37.6 Å². The van der Waals surface area contributed by atoms with E-state index in [0.29, 0.717) is 17.3 Å². The zero-order chi connectivity index (χ0) is 17.4. The highest BCUT2D eigenvalue weighted by atomic mass is 35.5. The van der Waals surface area contributed by atoms with E-state index in [1.54, 1.807) is 30.0 Å². The van der Waals surface area contributed by atoms with Gasteiger partial charge in [-0.15, -0.1) is 0 Å². The lowest BCUT2D eigenvalue weighted by molar-refractivity contribution is -0.141. The maximum atomic E-state index is 12.7. The van der Waals surface area contributed by atoms with Gasteiger partial charge in [0.05, 0.1) is 5.92 Å². The van der Waals surface area contributed by atoms with Gasteiger partial charge in [-0.1, -0.05) is 23.7 Å². The van der Waals surface area contributed by atoms with Crippen molar-refractivity contribution < 1.29 is 19.1 Å². The van der Waals surface area contributed by atoms with Crippen molar-refractivity contribution in [2.75, 3.05) is 13.1 Å². The number of likely N-dealkylation sites (tertiary alicyclic amines) is 1. The van der Waals surface area contributed by atoms with Crippen LogP contribution in [0.4, 0.5) is 0 Å². The number of furan rings is 1. The Bertz CT molecular complexity index is 781. The Balaban J connectivity index is 1.87. The molecule has 1 aromatic heterocycles. The quantitative estimate of drug-likeness (QED) is 0.922. The molecule has 1 aromatic carbocycles. The first-order valence-corrected chi connectivity index (χ1v) is 8.09. The monoisotopic (exact) mass is 347 g/mol. The summed E-state index contributed by atoms with van der Waals surface area (Å²) in [4.78, 5) is 25.9. The smallest absolute Gasteiger partial charge is 0.308 e. The highest BCUT2D eigenvalue weighted by Crippen LogP contribution is 2.34. The average Bonchev–Trinajstić information content (AvgIpc) is 3.11. The van der Waals surface area contributed by atoms with E-state index in [1.807, 2.05) is 19.1 Å². The number of carboxylic acid groups (broad SMARTS) is 1. The third-order valence-corrected chi connectivity index (χ3v) is 4.71. The molecule has 0 aliphatic carbocycles. The van der Waals surface area contributed by atoms with Crippen molar-refractivity contribution in [3.05, 3.63) is 58.0 Å². The lowest BCUT2D eigenvalue weighted by Crippen LogP contribution is -2.30. The molecule has 6 heteroatoms. The molecule has 0 radical (unpaired) electrons. The zero-order valence-corrected chi connectivity index (χ0v) is 14.2. The number of halogens is 1. The Morgan fingerprint density at radius 3 is 2.42 bits per heavy atom. The first kappa shape index (κ1) is 16.6. The van der Waals surface area contributed by atoms with Crippen molar-refractivity contribution in [1.82, 2.24) is 4.90 Å². The highest BCUT2D eigenvalue weighted by molar-refractivity contribution is 6.30. The number of amides is 1. The summed E-state index contributed by atoms with van der Waals surface area (Å²) in [6.07, 6.45) is 0. The molecule has 2 heterocycles. The fourth-order valence-corrected chi connectivity index (χ4v) is 3.39. The van der Waals surface area contributed by atoms with Gasteiger partial charge in [-0.25, -0.2) is 0 Å². The van der Waals surface area contributed by atoms with Crippen LogP contribution in [0.1, 0.15) is 33.4 Å². The second-order valence-electron chi connectivity index (χ2n) is 6.18. The minimum Gasteiger partial charge on any atom is -0.481 e. The van der Waals surface area contributed by atoms with Crippen molar-refractivity contribution in [2.24, 2.45) is 5.92 Å². The van der Waals surface area contributed by atoms with E-state index in [4.69, 9.17) is 16.0 Å². The molecule has 1 aliphatic rings.